The fourth-order valence-corrected chi connectivity index (χ4v) is 4.44. The minimum Gasteiger partial charge on any atom is -0.495 e. The third kappa shape index (κ3) is 4.44. The number of benzene rings is 1. The molecular weight excluding hydrogens is 366 g/mol. The van der Waals surface area contributed by atoms with Crippen molar-refractivity contribution in [3.8, 4) is 5.75 Å². The highest BCUT2D eigenvalue weighted by molar-refractivity contribution is 7.89. The van der Waals surface area contributed by atoms with Gasteiger partial charge in [-0.05, 0) is 43.9 Å². The molecule has 0 bridgehead atoms. The van der Waals surface area contributed by atoms with E-state index in [-0.39, 0.29) is 35.0 Å². The van der Waals surface area contributed by atoms with E-state index in [1.54, 1.807) is 6.07 Å². The smallest absolute Gasteiger partial charge is 0.244 e. The lowest BCUT2D eigenvalue weighted by atomic mass is 9.98. The first-order valence-electron chi connectivity index (χ1n) is 8.15. The SMILES string of the molecule is COc1ccc(NC(=O)C2(N)CCCC2)cc1S(=O)(=O)NC1CC1.Cl. The van der Waals surface area contributed by atoms with Gasteiger partial charge in [0.2, 0.25) is 15.9 Å². The molecule has 2 aliphatic rings. The molecule has 25 heavy (non-hydrogen) atoms. The first-order chi connectivity index (χ1) is 11.3. The van der Waals surface area contributed by atoms with Crippen molar-refractivity contribution >= 4 is 34.0 Å². The van der Waals surface area contributed by atoms with Crippen LogP contribution in [0.5, 0.6) is 5.75 Å². The summed E-state index contributed by atoms with van der Waals surface area (Å²) in [5.74, 6) is -0.0341. The molecule has 2 aliphatic carbocycles. The van der Waals surface area contributed by atoms with E-state index in [9.17, 15) is 13.2 Å². The number of nitrogens with two attached hydrogens (primary N) is 1. The van der Waals surface area contributed by atoms with Crippen molar-refractivity contribution in [2.24, 2.45) is 5.73 Å². The van der Waals surface area contributed by atoms with Crippen molar-refractivity contribution in [2.45, 2.75) is 55.0 Å². The standard InChI is InChI=1S/C16H23N3O4S.ClH/c1-23-13-7-6-12(18-15(20)16(17)8-2-3-9-16)10-14(13)24(21,22)19-11-4-5-11;/h6-7,10-11,19H,2-5,8-9,17H2,1H3,(H,18,20);1H. The van der Waals surface area contributed by atoms with Crippen molar-refractivity contribution in [1.82, 2.24) is 4.72 Å². The van der Waals surface area contributed by atoms with Crippen LogP contribution in [0.15, 0.2) is 23.1 Å². The van der Waals surface area contributed by atoms with Gasteiger partial charge in [-0.25, -0.2) is 13.1 Å². The monoisotopic (exact) mass is 389 g/mol. The summed E-state index contributed by atoms with van der Waals surface area (Å²) in [6.45, 7) is 0. The highest BCUT2D eigenvalue weighted by atomic mass is 35.5. The summed E-state index contributed by atoms with van der Waals surface area (Å²) in [6.07, 6.45) is 4.82. The van der Waals surface area contributed by atoms with Crippen LogP contribution in [0.3, 0.4) is 0 Å². The Morgan fingerprint density at radius 3 is 2.48 bits per heavy atom. The van der Waals surface area contributed by atoms with Gasteiger partial charge in [0, 0.05) is 11.7 Å². The van der Waals surface area contributed by atoms with E-state index in [1.807, 2.05) is 0 Å². The maximum absolute atomic E-state index is 12.5. The summed E-state index contributed by atoms with van der Waals surface area (Å²) in [7, 11) is -2.28. The highest BCUT2D eigenvalue weighted by Crippen LogP contribution is 2.32. The molecule has 1 amide bonds. The number of rotatable bonds is 6. The summed E-state index contributed by atoms with van der Waals surface area (Å²) in [5.41, 5.74) is 5.66. The minimum absolute atomic E-state index is 0. The summed E-state index contributed by atoms with van der Waals surface area (Å²) in [4.78, 5) is 12.4. The maximum Gasteiger partial charge on any atom is 0.244 e. The van der Waals surface area contributed by atoms with E-state index < -0.39 is 15.6 Å². The number of carbonyl (C=O) groups excluding carboxylic acids is 1. The molecule has 2 saturated carbocycles. The van der Waals surface area contributed by atoms with E-state index in [2.05, 4.69) is 10.0 Å². The van der Waals surface area contributed by atoms with Crippen LogP contribution in [0.2, 0.25) is 0 Å². The van der Waals surface area contributed by atoms with Gasteiger partial charge in [0.1, 0.15) is 10.6 Å². The number of anilines is 1. The Morgan fingerprint density at radius 1 is 1.28 bits per heavy atom. The topological polar surface area (TPSA) is 111 Å². The number of hydrogen-bond acceptors (Lipinski definition) is 5. The normalized spacial score (nSPS) is 19.1. The van der Waals surface area contributed by atoms with Gasteiger partial charge in [0.15, 0.2) is 0 Å². The Labute approximate surface area is 154 Å². The molecule has 140 valence electrons. The molecule has 0 heterocycles. The molecule has 0 aromatic heterocycles. The minimum atomic E-state index is -3.69. The lowest BCUT2D eigenvalue weighted by Crippen LogP contribution is -2.48. The Kier molecular flexibility index (Phi) is 5.98. The van der Waals surface area contributed by atoms with Crippen LogP contribution in [-0.4, -0.2) is 33.0 Å². The average molecular weight is 390 g/mol. The first kappa shape index (κ1) is 20.0. The quantitative estimate of drug-likeness (QED) is 0.686. The zero-order chi connectivity index (χ0) is 17.4. The number of hydrogen-bond donors (Lipinski definition) is 3. The molecule has 1 aromatic carbocycles. The lowest BCUT2D eigenvalue weighted by Gasteiger charge is -2.22. The zero-order valence-corrected chi connectivity index (χ0v) is 15.7. The summed E-state index contributed by atoms with van der Waals surface area (Å²) in [5, 5.41) is 2.75. The van der Waals surface area contributed by atoms with Crippen molar-refractivity contribution in [1.29, 1.82) is 0 Å². The van der Waals surface area contributed by atoms with Gasteiger partial charge >= 0.3 is 0 Å². The number of amides is 1. The van der Waals surface area contributed by atoms with Gasteiger partial charge < -0.3 is 15.8 Å². The molecule has 0 aliphatic heterocycles. The van der Waals surface area contributed by atoms with E-state index in [0.29, 0.717) is 18.5 Å². The lowest BCUT2D eigenvalue weighted by molar-refractivity contribution is -0.121. The van der Waals surface area contributed by atoms with Gasteiger partial charge in [0.05, 0.1) is 12.6 Å². The second-order valence-electron chi connectivity index (χ2n) is 6.58. The van der Waals surface area contributed by atoms with Gasteiger partial charge in [-0.1, -0.05) is 12.8 Å². The highest BCUT2D eigenvalue weighted by Gasteiger charge is 2.37. The van der Waals surface area contributed by atoms with Gasteiger partial charge in [-0.2, -0.15) is 0 Å². The number of halogens is 1. The zero-order valence-electron chi connectivity index (χ0n) is 14.1. The largest absolute Gasteiger partial charge is 0.495 e. The Hall–Kier alpha value is -1.35. The molecule has 9 heteroatoms. The van der Waals surface area contributed by atoms with E-state index in [0.717, 1.165) is 25.7 Å². The third-order valence-corrected chi connectivity index (χ3v) is 6.10. The first-order valence-corrected chi connectivity index (χ1v) is 9.63. The van der Waals surface area contributed by atoms with Crippen molar-refractivity contribution in [3.63, 3.8) is 0 Å². The molecule has 0 spiro atoms. The fourth-order valence-electron chi connectivity index (χ4n) is 2.94. The van der Waals surface area contributed by atoms with Crippen molar-refractivity contribution < 1.29 is 17.9 Å². The van der Waals surface area contributed by atoms with Crippen LogP contribution in [0.4, 0.5) is 5.69 Å². The number of carbonyl (C=O) groups is 1. The predicted octanol–water partition coefficient (Wildman–Crippen LogP) is 1.77. The van der Waals surface area contributed by atoms with Crippen molar-refractivity contribution in [2.75, 3.05) is 12.4 Å². The van der Waals surface area contributed by atoms with Crippen LogP contribution in [0.1, 0.15) is 38.5 Å². The fraction of sp³-hybridized carbons (Fsp3) is 0.562. The molecule has 0 radical (unpaired) electrons. The second kappa shape index (κ2) is 7.49. The van der Waals surface area contributed by atoms with Crippen LogP contribution in [0.25, 0.3) is 0 Å². The number of methoxy groups -OCH3 is 1. The van der Waals surface area contributed by atoms with Gasteiger partial charge in [-0.15, -0.1) is 12.4 Å². The number of sulfonamides is 1. The molecule has 7 nitrogen and oxygen atoms in total. The molecule has 1 aromatic rings. The Bertz CT molecular complexity index is 744. The van der Waals surface area contributed by atoms with E-state index in [4.69, 9.17) is 10.5 Å². The summed E-state index contributed by atoms with van der Waals surface area (Å²) < 4.78 is 32.8. The third-order valence-electron chi connectivity index (χ3n) is 4.56. The van der Waals surface area contributed by atoms with E-state index in [1.165, 1.54) is 19.2 Å². The summed E-state index contributed by atoms with van der Waals surface area (Å²) >= 11 is 0. The Balaban J connectivity index is 0.00000225. The van der Waals surface area contributed by atoms with Crippen LogP contribution in [0, 0.1) is 0 Å². The Morgan fingerprint density at radius 2 is 1.92 bits per heavy atom. The molecule has 4 N–H and O–H groups in total. The maximum atomic E-state index is 12.5. The molecule has 0 unspecified atom stereocenters. The molecule has 3 rings (SSSR count). The van der Waals surface area contributed by atoms with Crippen LogP contribution in [-0.2, 0) is 14.8 Å². The average Bonchev–Trinajstić information content (AvgIpc) is 3.23. The van der Waals surface area contributed by atoms with Gasteiger partial charge in [0.25, 0.3) is 0 Å². The summed E-state index contributed by atoms with van der Waals surface area (Å²) in [6, 6.07) is 4.56. The van der Waals surface area contributed by atoms with Crippen LogP contribution < -0.4 is 20.5 Å². The van der Waals surface area contributed by atoms with Crippen LogP contribution >= 0.6 is 12.4 Å². The second-order valence-corrected chi connectivity index (χ2v) is 8.26. The predicted molar refractivity (Wildman–Crippen MR) is 97.6 cm³/mol. The van der Waals surface area contributed by atoms with Crippen molar-refractivity contribution in [3.05, 3.63) is 18.2 Å². The number of ether oxygens (including phenoxy) is 1. The van der Waals surface area contributed by atoms with E-state index >= 15 is 0 Å². The molecule has 2 fully saturated rings. The molecule has 0 atom stereocenters. The molecule has 0 saturated heterocycles. The molecular formula is C16H24ClN3O4S. The van der Waals surface area contributed by atoms with Gasteiger partial charge in [-0.3, -0.25) is 4.79 Å². The number of nitrogens with one attached hydrogen (secondary N) is 2.